The van der Waals surface area contributed by atoms with E-state index in [2.05, 4.69) is 45.1 Å². The first-order chi connectivity index (χ1) is 7.65. The molecule has 4 heteroatoms. The third-order valence-electron chi connectivity index (χ3n) is 3.21. The van der Waals surface area contributed by atoms with Crippen LogP contribution in [0.15, 0.2) is 27.8 Å². The van der Waals surface area contributed by atoms with Crippen LogP contribution in [0, 0.1) is 11.8 Å². The van der Waals surface area contributed by atoms with Crippen molar-refractivity contribution in [3.8, 4) is 0 Å². The standard InChI is InChI=1S/C12H17BrN2S/c1-9-6-7-15(8-10(9)2)16-12-5-3-4-11(13)14-12/h3-5,9-10H,6-8H2,1-2H3. The van der Waals surface area contributed by atoms with Crippen molar-refractivity contribution in [3.63, 3.8) is 0 Å². The summed E-state index contributed by atoms with van der Waals surface area (Å²) in [5.41, 5.74) is 0. The number of pyridine rings is 1. The van der Waals surface area contributed by atoms with Gasteiger partial charge in [-0.15, -0.1) is 0 Å². The number of rotatable bonds is 2. The maximum atomic E-state index is 4.45. The van der Waals surface area contributed by atoms with Gasteiger partial charge in [-0.2, -0.15) is 0 Å². The van der Waals surface area contributed by atoms with Crippen molar-refractivity contribution in [1.82, 2.24) is 9.29 Å². The molecule has 0 amide bonds. The van der Waals surface area contributed by atoms with Gasteiger partial charge in [-0.05, 0) is 58.3 Å². The fourth-order valence-corrected chi connectivity index (χ4v) is 3.39. The fraction of sp³-hybridized carbons (Fsp3) is 0.583. The molecule has 0 bridgehead atoms. The highest BCUT2D eigenvalue weighted by molar-refractivity contribution is 9.10. The van der Waals surface area contributed by atoms with Crippen LogP contribution in [0.2, 0.25) is 0 Å². The van der Waals surface area contributed by atoms with Crippen molar-refractivity contribution in [3.05, 3.63) is 22.8 Å². The van der Waals surface area contributed by atoms with Crippen LogP contribution in [-0.2, 0) is 0 Å². The van der Waals surface area contributed by atoms with Crippen LogP contribution in [0.1, 0.15) is 20.3 Å². The average molecular weight is 301 g/mol. The summed E-state index contributed by atoms with van der Waals surface area (Å²) in [6, 6.07) is 6.07. The van der Waals surface area contributed by atoms with E-state index >= 15 is 0 Å². The van der Waals surface area contributed by atoms with Crippen molar-refractivity contribution in [2.75, 3.05) is 13.1 Å². The Morgan fingerprint density at radius 2 is 2.19 bits per heavy atom. The summed E-state index contributed by atoms with van der Waals surface area (Å²) < 4.78 is 3.34. The van der Waals surface area contributed by atoms with Crippen LogP contribution >= 0.6 is 27.9 Å². The summed E-state index contributed by atoms with van der Waals surface area (Å²) >= 11 is 5.18. The lowest BCUT2D eigenvalue weighted by Gasteiger charge is -2.33. The Bertz CT molecular complexity index is 359. The van der Waals surface area contributed by atoms with E-state index < -0.39 is 0 Å². The van der Waals surface area contributed by atoms with Crippen molar-refractivity contribution in [2.45, 2.75) is 25.3 Å². The Balaban J connectivity index is 1.95. The third kappa shape index (κ3) is 3.22. The van der Waals surface area contributed by atoms with Gasteiger partial charge in [0, 0.05) is 13.1 Å². The largest absolute Gasteiger partial charge is 0.245 e. The normalized spacial score (nSPS) is 26.9. The van der Waals surface area contributed by atoms with E-state index in [1.54, 1.807) is 11.9 Å². The lowest BCUT2D eigenvalue weighted by Crippen LogP contribution is -2.33. The van der Waals surface area contributed by atoms with E-state index in [0.29, 0.717) is 0 Å². The van der Waals surface area contributed by atoms with Crippen molar-refractivity contribution < 1.29 is 0 Å². The SMILES string of the molecule is CC1CCN(Sc2cccc(Br)n2)CC1C. The monoisotopic (exact) mass is 300 g/mol. The maximum Gasteiger partial charge on any atom is 0.112 e. The number of aromatic nitrogens is 1. The molecule has 1 aromatic heterocycles. The van der Waals surface area contributed by atoms with Gasteiger partial charge < -0.3 is 0 Å². The van der Waals surface area contributed by atoms with E-state index in [4.69, 9.17) is 0 Å². The lowest BCUT2D eigenvalue weighted by atomic mass is 9.90. The van der Waals surface area contributed by atoms with E-state index in [-0.39, 0.29) is 0 Å². The van der Waals surface area contributed by atoms with Crippen LogP contribution < -0.4 is 0 Å². The molecule has 0 aliphatic carbocycles. The van der Waals surface area contributed by atoms with E-state index in [1.807, 2.05) is 12.1 Å². The Labute approximate surface area is 110 Å². The molecule has 16 heavy (non-hydrogen) atoms. The molecule has 1 aromatic rings. The van der Waals surface area contributed by atoms with Gasteiger partial charge in [0.25, 0.3) is 0 Å². The molecule has 0 spiro atoms. The van der Waals surface area contributed by atoms with Crippen molar-refractivity contribution in [1.29, 1.82) is 0 Å². The Hall–Kier alpha value is -0.0600. The van der Waals surface area contributed by atoms with Gasteiger partial charge in [0.1, 0.15) is 9.63 Å². The minimum absolute atomic E-state index is 0.786. The Morgan fingerprint density at radius 3 is 2.88 bits per heavy atom. The molecule has 2 rings (SSSR count). The van der Waals surface area contributed by atoms with Crippen LogP contribution in [0.5, 0.6) is 0 Å². The minimum atomic E-state index is 0.786. The van der Waals surface area contributed by atoms with Gasteiger partial charge >= 0.3 is 0 Å². The van der Waals surface area contributed by atoms with Gasteiger partial charge in [-0.1, -0.05) is 19.9 Å². The fourth-order valence-electron chi connectivity index (χ4n) is 1.88. The van der Waals surface area contributed by atoms with E-state index in [1.165, 1.54) is 19.5 Å². The molecule has 2 heterocycles. The number of piperidine rings is 1. The number of hydrogen-bond donors (Lipinski definition) is 0. The smallest absolute Gasteiger partial charge is 0.112 e. The topological polar surface area (TPSA) is 16.1 Å². The molecular formula is C12H17BrN2S. The molecule has 1 aliphatic heterocycles. The first-order valence-corrected chi connectivity index (χ1v) is 7.27. The van der Waals surface area contributed by atoms with E-state index in [9.17, 15) is 0 Å². The average Bonchev–Trinajstić information content (AvgIpc) is 2.24. The molecule has 0 aromatic carbocycles. The minimum Gasteiger partial charge on any atom is -0.245 e. The van der Waals surface area contributed by atoms with Crippen LogP contribution in [0.3, 0.4) is 0 Å². The predicted molar refractivity (Wildman–Crippen MR) is 72.3 cm³/mol. The molecular weight excluding hydrogens is 284 g/mol. The first-order valence-electron chi connectivity index (χ1n) is 5.70. The van der Waals surface area contributed by atoms with Gasteiger partial charge in [0.2, 0.25) is 0 Å². The molecule has 0 radical (unpaired) electrons. The van der Waals surface area contributed by atoms with Gasteiger partial charge in [-0.3, -0.25) is 0 Å². The number of halogens is 1. The summed E-state index contributed by atoms with van der Waals surface area (Å²) in [7, 11) is 0. The van der Waals surface area contributed by atoms with Crippen LogP contribution in [0.25, 0.3) is 0 Å². The highest BCUT2D eigenvalue weighted by atomic mass is 79.9. The second-order valence-corrected chi connectivity index (χ2v) is 6.45. The maximum absolute atomic E-state index is 4.45. The third-order valence-corrected chi connectivity index (χ3v) is 4.65. The quantitative estimate of drug-likeness (QED) is 0.610. The van der Waals surface area contributed by atoms with Gasteiger partial charge in [0.05, 0.1) is 0 Å². The summed E-state index contributed by atoms with van der Waals surface area (Å²) in [6.07, 6.45) is 1.29. The van der Waals surface area contributed by atoms with Gasteiger partial charge in [0.15, 0.2) is 0 Å². The molecule has 1 aliphatic rings. The predicted octanol–water partition coefficient (Wildman–Crippen LogP) is 3.83. The summed E-state index contributed by atoms with van der Waals surface area (Å²) in [5.74, 6) is 1.64. The highest BCUT2D eigenvalue weighted by Crippen LogP contribution is 2.30. The zero-order valence-electron chi connectivity index (χ0n) is 9.69. The Kier molecular flexibility index (Phi) is 4.27. The number of nitrogens with zero attached hydrogens (tertiary/aromatic N) is 2. The van der Waals surface area contributed by atoms with E-state index in [0.717, 1.165) is 21.5 Å². The molecule has 2 atom stereocenters. The molecule has 0 N–H and O–H groups in total. The highest BCUT2D eigenvalue weighted by Gasteiger charge is 2.23. The molecule has 1 fully saturated rings. The van der Waals surface area contributed by atoms with Gasteiger partial charge in [-0.25, -0.2) is 9.29 Å². The second-order valence-electron chi connectivity index (χ2n) is 4.52. The van der Waals surface area contributed by atoms with Crippen molar-refractivity contribution in [2.24, 2.45) is 11.8 Å². The molecule has 0 saturated carbocycles. The van der Waals surface area contributed by atoms with Crippen molar-refractivity contribution >= 4 is 27.9 Å². The van der Waals surface area contributed by atoms with Crippen LogP contribution in [-0.4, -0.2) is 22.4 Å². The molecule has 1 saturated heterocycles. The molecule has 88 valence electrons. The summed E-state index contributed by atoms with van der Waals surface area (Å²) in [6.45, 7) is 7.03. The Morgan fingerprint density at radius 1 is 1.38 bits per heavy atom. The first kappa shape index (κ1) is 12.4. The molecule has 2 unspecified atom stereocenters. The summed E-state index contributed by atoms with van der Waals surface area (Å²) in [5, 5.41) is 1.08. The zero-order chi connectivity index (χ0) is 11.5. The molecule has 2 nitrogen and oxygen atoms in total. The summed E-state index contributed by atoms with van der Waals surface area (Å²) in [4.78, 5) is 4.45. The number of hydrogen-bond acceptors (Lipinski definition) is 3. The van der Waals surface area contributed by atoms with Crippen LogP contribution in [0.4, 0.5) is 0 Å². The second kappa shape index (κ2) is 5.52. The zero-order valence-corrected chi connectivity index (χ0v) is 12.1. The lowest BCUT2D eigenvalue weighted by molar-refractivity contribution is 0.225.